The summed E-state index contributed by atoms with van der Waals surface area (Å²) in [4.78, 5) is 10.9. The van der Waals surface area contributed by atoms with E-state index in [0.29, 0.717) is 0 Å². The average Bonchev–Trinajstić information content (AvgIpc) is 2.62. The maximum Gasteiger partial charge on any atom is 0.273 e. The van der Waals surface area contributed by atoms with Gasteiger partial charge in [0.15, 0.2) is 9.84 Å². The molecule has 0 aliphatic carbocycles. The highest BCUT2D eigenvalue weighted by atomic mass is 32.2. The molecule has 0 unspecified atom stereocenters. The molecule has 0 bridgehead atoms. The molecule has 3 aromatic rings. The van der Waals surface area contributed by atoms with E-state index in [0.717, 1.165) is 11.1 Å². The van der Waals surface area contributed by atoms with Crippen LogP contribution in [0.2, 0.25) is 0 Å². The van der Waals surface area contributed by atoms with Crippen LogP contribution < -0.4 is 0 Å². The molecule has 0 aromatic heterocycles. The lowest BCUT2D eigenvalue weighted by molar-refractivity contribution is -0.385. The Morgan fingerprint density at radius 2 is 1.40 bits per heavy atom. The minimum Gasteiger partial charge on any atom is -0.258 e. The van der Waals surface area contributed by atoms with Gasteiger partial charge in [0.05, 0.1) is 15.6 Å². The smallest absolute Gasteiger partial charge is 0.258 e. The van der Waals surface area contributed by atoms with Gasteiger partial charge < -0.3 is 0 Å². The molecule has 3 aromatic carbocycles. The Morgan fingerprint density at radius 1 is 0.800 bits per heavy atom. The Hall–Kier alpha value is -2.99. The zero-order valence-corrected chi connectivity index (χ0v) is 14.0. The summed E-state index contributed by atoms with van der Waals surface area (Å²) >= 11 is 0. The van der Waals surface area contributed by atoms with Crippen molar-refractivity contribution in [2.45, 2.75) is 10.6 Å². The van der Waals surface area contributed by atoms with Crippen molar-refractivity contribution in [2.24, 2.45) is 0 Å². The molecule has 0 heterocycles. The van der Waals surface area contributed by atoms with Crippen LogP contribution in [-0.2, 0) is 15.6 Å². The van der Waals surface area contributed by atoms with Crippen molar-refractivity contribution in [1.29, 1.82) is 0 Å². The van der Waals surface area contributed by atoms with Crippen LogP contribution in [0.25, 0.3) is 11.1 Å². The summed E-state index contributed by atoms with van der Waals surface area (Å²) in [6.07, 6.45) is 0. The summed E-state index contributed by atoms with van der Waals surface area (Å²) in [5.74, 6) is -0.423. The predicted octanol–water partition coefficient (Wildman–Crippen LogP) is 4.24. The van der Waals surface area contributed by atoms with Crippen LogP contribution in [-0.4, -0.2) is 13.3 Å². The van der Waals surface area contributed by atoms with Crippen molar-refractivity contribution in [3.05, 3.63) is 94.5 Å². The van der Waals surface area contributed by atoms with Crippen LogP contribution in [0, 0.1) is 10.1 Å². The summed E-state index contributed by atoms with van der Waals surface area (Å²) in [5.41, 5.74) is 1.59. The van der Waals surface area contributed by atoms with Crippen molar-refractivity contribution < 1.29 is 13.3 Å². The van der Waals surface area contributed by atoms with E-state index in [2.05, 4.69) is 0 Å². The lowest BCUT2D eigenvalue weighted by atomic mass is 10.0. The minimum atomic E-state index is -3.67. The number of rotatable bonds is 5. The molecule has 25 heavy (non-hydrogen) atoms. The third-order valence-corrected chi connectivity index (χ3v) is 5.51. The van der Waals surface area contributed by atoms with Crippen LogP contribution in [0.4, 0.5) is 5.69 Å². The highest BCUT2D eigenvalue weighted by Gasteiger charge is 2.22. The number of benzene rings is 3. The molecule has 0 saturated heterocycles. The SMILES string of the molecule is O=[N+]([O-])c1ccc(-c2ccccc2)cc1CS(=O)(=O)c1ccccc1. The van der Waals surface area contributed by atoms with Gasteiger partial charge in [-0.3, -0.25) is 10.1 Å². The second kappa shape index (κ2) is 6.86. The first-order valence-electron chi connectivity index (χ1n) is 7.58. The predicted molar refractivity (Wildman–Crippen MR) is 95.9 cm³/mol. The van der Waals surface area contributed by atoms with Gasteiger partial charge in [0.2, 0.25) is 0 Å². The number of nitrogens with zero attached hydrogens (tertiary/aromatic N) is 1. The van der Waals surface area contributed by atoms with Crippen LogP contribution in [0.3, 0.4) is 0 Å². The van der Waals surface area contributed by atoms with Crippen LogP contribution in [0.15, 0.2) is 83.8 Å². The zero-order chi connectivity index (χ0) is 17.9. The first kappa shape index (κ1) is 16.9. The lowest BCUT2D eigenvalue weighted by Gasteiger charge is -2.08. The Morgan fingerprint density at radius 3 is 2.00 bits per heavy atom. The Bertz CT molecular complexity index is 1000. The molecule has 0 fully saturated rings. The molecule has 6 heteroatoms. The maximum atomic E-state index is 12.6. The van der Waals surface area contributed by atoms with Gasteiger partial charge in [-0.2, -0.15) is 0 Å². The second-order valence-electron chi connectivity index (χ2n) is 5.54. The van der Waals surface area contributed by atoms with Gasteiger partial charge in [-0.25, -0.2) is 8.42 Å². The van der Waals surface area contributed by atoms with Gasteiger partial charge in [-0.1, -0.05) is 48.5 Å². The molecule has 126 valence electrons. The van der Waals surface area contributed by atoms with E-state index in [9.17, 15) is 18.5 Å². The van der Waals surface area contributed by atoms with Crippen molar-refractivity contribution >= 4 is 15.5 Å². The zero-order valence-electron chi connectivity index (χ0n) is 13.2. The maximum absolute atomic E-state index is 12.6. The quantitative estimate of drug-likeness (QED) is 0.508. The van der Waals surface area contributed by atoms with Crippen LogP contribution in [0.1, 0.15) is 5.56 Å². The molecule has 0 atom stereocenters. The summed E-state index contributed by atoms with van der Waals surface area (Å²) in [6, 6.07) is 21.8. The monoisotopic (exact) mass is 353 g/mol. The molecule has 0 amide bonds. The largest absolute Gasteiger partial charge is 0.273 e. The topological polar surface area (TPSA) is 77.3 Å². The van der Waals surface area contributed by atoms with E-state index in [1.54, 1.807) is 30.3 Å². The molecule has 0 radical (unpaired) electrons. The number of hydrogen-bond acceptors (Lipinski definition) is 4. The molecule has 0 N–H and O–H groups in total. The summed E-state index contributed by atoms with van der Waals surface area (Å²) in [5, 5.41) is 11.3. The van der Waals surface area contributed by atoms with E-state index < -0.39 is 20.5 Å². The van der Waals surface area contributed by atoms with Crippen LogP contribution in [0.5, 0.6) is 0 Å². The van der Waals surface area contributed by atoms with Crippen LogP contribution >= 0.6 is 0 Å². The van der Waals surface area contributed by atoms with E-state index in [1.165, 1.54) is 18.2 Å². The third-order valence-electron chi connectivity index (χ3n) is 3.83. The average molecular weight is 353 g/mol. The van der Waals surface area contributed by atoms with Gasteiger partial charge >= 0.3 is 0 Å². The van der Waals surface area contributed by atoms with Gasteiger partial charge in [-0.15, -0.1) is 0 Å². The van der Waals surface area contributed by atoms with Gasteiger partial charge in [-0.05, 0) is 35.4 Å². The van der Waals surface area contributed by atoms with E-state index in [1.807, 2.05) is 30.3 Å². The number of sulfone groups is 1. The number of hydrogen-bond donors (Lipinski definition) is 0. The summed E-state index contributed by atoms with van der Waals surface area (Å²) in [7, 11) is -3.67. The molecular weight excluding hydrogens is 338 g/mol. The Kier molecular flexibility index (Phi) is 4.63. The molecular formula is C19H15NO4S. The minimum absolute atomic E-state index is 0.148. The van der Waals surface area contributed by atoms with Crippen molar-refractivity contribution in [3.63, 3.8) is 0 Å². The first-order chi connectivity index (χ1) is 12.0. The normalized spacial score (nSPS) is 11.2. The van der Waals surface area contributed by atoms with Crippen molar-refractivity contribution in [2.75, 3.05) is 0 Å². The molecule has 0 saturated carbocycles. The Labute approximate surface area is 145 Å². The highest BCUT2D eigenvalue weighted by Crippen LogP contribution is 2.29. The fourth-order valence-corrected chi connectivity index (χ4v) is 3.98. The van der Waals surface area contributed by atoms with Crippen molar-refractivity contribution in [1.82, 2.24) is 0 Å². The molecule has 5 nitrogen and oxygen atoms in total. The van der Waals surface area contributed by atoms with E-state index in [4.69, 9.17) is 0 Å². The molecule has 0 aliphatic heterocycles. The fourth-order valence-electron chi connectivity index (χ4n) is 2.61. The molecule has 0 spiro atoms. The first-order valence-corrected chi connectivity index (χ1v) is 9.23. The lowest BCUT2D eigenvalue weighted by Crippen LogP contribution is -2.07. The highest BCUT2D eigenvalue weighted by molar-refractivity contribution is 7.90. The van der Waals surface area contributed by atoms with Gasteiger partial charge in [0.25, 0.3) is 5.69 Å². The number of nitro groups is 1. The third kappa shape index (κ3) is 3.75. The second-order valence-corrected chi connectivity index (χ2v) is 7.53. The Balaban J connectivity index is 2.06. The van der Waals surface area contributed by atoms with Gasteiger partial charge in [0.1, 0.15) is 0 Å². The molecule has 0 aliphatic rings. The fraction of sp³-hybridized carbons (Fsp3) is 0.0526. The standard InChI is InChI=1S/C19H15NO4S/c21-20(22)19-12-11-16(15-7-3-1-4-8-15)13-17(19)14-25(23,24)18-9-5-2-6-10-18/h1-13H,14H2. The van der Waals surface area contributed by atoms with Crippen molar-refractivity contribution in [3.8, 4) is 11.1 Å². The van der Waals surface area contributed by atoms with E-state index >= 15 is 0 Å². The van der Waals surface area contributed by atoms with E-state index in [-0.39, 0.29) is 16.1 Å². The summed E-state index contributed by atoms with van der Waals surface area (Å²) in [6.45, 7) is 0. The summed E-state index contributed by atoms with van der Waals surface area (Å²) < 4.78 is 25.2. The van der Waals surface area contributed by atoms with Gasteiger partial charge in [0, 0.05) is 11.6 Å². The molecule has 3 rings (SSSR count). The number of nitro benzene ring substituents is 1.